The van der Waals surface area contributed by atoms with E-state index in [9.17, 15) is 4.79 Å². The molecule has 0 spiro atoms. The zero-order valence-electron chi connectivity index (χ0n) is 10.2. The summed E-state index contributed by atoms with van der Waals surface area (Å²) in [6.45, 7) is 1.55. The Kier molecular flexibility index (Phi) is 2.86. The lowest BCUT2D eigenvalue weighted by Crippen LogP contribution is -2.11. The lowest BCUT2D eigenvalue weighted by Gasteiger charge is -2.18. The van der Waals surface area contributed by atoms with E-state index in [2.05, 4.69) is 11.4 Å². The van der Waals surface area contributed by atoms with Crippen LogP contribution in [0.1, 0.15) is 18.4 Å². The van der Waals surface area contributed by atoms with Crippen molar-refractivity contribution >= 4 is 11.7 Å². The smallest absolute Gasteiger partial charge is 0.306 e. The quantitative estimate of drug-likeness (QED) is 0.856. The first-order chi connectivity index (χ1) is 8.74. The normalized spacial score (nSPS) is 24.9. The van der Waals surface area contributed by atoms with Crippen molar-refractivity contribution in [3.05, 3.63) is 23.8 Å². The highest BCUT2D eigenvalue weighted by molar-refractivity contribution is 5.73. The number of ether oxygens (including phenoxy) is 1. The Morgan fingerprint density at radius 3 is 3.17 bits per heavy atom. The minimum absolute atomic E-state index is 0.140. The minimum Gasteiger partial charge on any atom is -0.493 e. The molecule has 0 saturated heterocycles. The number of aliphatic carboxylic acids is 1. The predicted molar refractivity (Wildman–Crippen MR) is 68.0 cm³/mol. The van der Waals surface area contributed by atoms with Crippen molar-refractivity contribution in [1.29, 1.82) is 0 Å². The van der Waals surface area contributed by atoms with Gasteiger partial charge in [-0.05, 0) is 48.9 Å². The molecule has 3 rings (SSSR count). The second kappa shape index (κ2) is 4.52. The number of carboxylic acid groups (broad SMARTS) is 1. The number of fused-ring (bicyclic) bond motifs is 1. The molecule has 1 saturated carbocycles. The van der Waals surface area contributed by atoms with Crippen LogP contribution in [0.15, 0.2) is 18.2 Å². The molecule has 2 aliphatic rings. The number of hydrogen-bond acceptors (Lipinski definition) is 3. The lowest BCUT2D eigenvalue weighted by atomic mass is 10.1. The molecule has 0 amide bonds. The summed E-state index contributed by atoms with van der Waals surface area (Å²) in [5, 5.41) is 12.2. The Labute approximate surface area is 106 Å². The maximum Gasteiger partial charge on any atom is 0.306 e. The summed E-state index contributed by atoms with van der Waals surface area (Å²) >= 11 is 0. The van der Waals surface area contributed by atoms with Gasteiger partial charge in [0.15, 0.2) is 0 Å². The lowest BCUT2D eigenvalue weighted by molar-refractivity contribution is -0.138. The molecule has 1 heterocycles. The molecule has 1 aromatic rings. The minimum atomic E-state index is -0.666. The van der Waals surface area contributed by atoms with Crippen LogP contribution in [0.25, 0.3) is 0 Å². The summed E-state index contributed by atoms with van der Waals surface area (Å²) < 4.78 is 5.56. The number of hydrogen-bond donors (Lipinski definition) is 2. The van der Waals surface area contributed by atoms with Gasteiger partial charge in [-0.3, -0.25) is 4.79 Å². The zero-order valence-corrected chi connectivity index (χ0v) is 10.2. The predicted octanol–water partition coefficient (Wildman–Crippen LogP) is 2.14. The Balaban J connectivity index is 1.59. The van der Waals surface area contributed by atoms with E-state index in [1.807, 2.05) is 12.1 Å². The topological polar surface area (TPSA) is 58.6 Å². The standard InChI is InChI=1S/C14H17NO3/c16-14(17)12-7-10(12)8-15-11-3-4-13-9(6-11)2-1-5-18-13/h3-4,6,10,12,15H,1-2,5,7-8H2,(H,16,17). The van der Waals surface area contributed by atoms with Crippen molar-refractivity contribution in [3.8, 4) is 5.75 Å². The van der Waals surface area contributed by atoms with Crippen LogP contribution in [0, 0.1) is 11.8 Å². The third-order valence-electron chi connectivity index (χ3n) is 3.72. The average molecular weight is 247 g/mol. The van der Waals surface area contributed by atoms with Gasteiger partial charge in [-0.1, -0.05) is 0 Å². The van der Waals surface area contributed by atoms with Crippen LogP contribution in [-0.2, 0) is 11.2 Å². The number of carboxylic acids is 1. The first-order valence-corrected chi connectivity index (χ1v) is 6.46. The van der Waals surface area contributed by atoms with Crippen LogP contribution in [0.2, 0.25) is 0 Å². The number of anilines is 1. The third kappa shape index (κ3) is 2.28. The van der Waals surface area contributed by atoms with Crippen LogP contribution >= 0.6 is 0 Å². The fourth-order valence-corrected chi connectivity index (χ4v) is 2.49. The van der Waals surface area contributed by atoms with Crippen LogP contribution in [0.4, 0.5) is 5.69 Å². The van der Waals surface area contributed by atoms with Gasteiger partial charge in [-0.25, -0.2) is 0 Å². The van der Waals surface area contributed by atoms with E-state index < -0.39 is 5.97 Å². The molecule has 4 heteroatoms. The van der Waals surface area contributed by atoms with Gasteiger partial charge in [0.1, 0.15) is 5.75 Å². The highest BCUT2D eigenvalue weighted by Gasteiger charge is 2.42. The largest absolute Gasteiger partial charge is 0.493 e. The molecule has 1 aliphatic heterocycles. The SMILES string of the molecule is O=C(O)C1CC1CNc1ccc2c(c1)CCCO2. The maximum absolute atomic E-state index is 10.7. The molecule has 1 fully saturated rings. The molecular formula is C14H17NO3. The number of nitrogens with one attached hydrogen (secondary N) is 1. The van der Waals surface area contributed by atoms with E-state index in [-0.39, 0.29) is 11.8 Å². The average Bonchev–Trinajstić information content (AvgIpc) is 3.16. The second-order valence-corrected chi connectivity index (χ2v) is 5.10. The molecule has 0 aromatic heterocycles. The third-order valence-corrected chi connectivity index (χ3v) is 3.72. The summed E-state index contributed by atoms with van der Waals surface area (Å²) in [5.41, 5.74) is 2.31. The first kappa shape index (κ1) is 11.4. The van der Waals surface area contributed by atoms with E-state index in [0.29, 0.717) is 0 Å². The van der Waals surface area contributed by atoms with Gasteiger partial charge in [-0.2, -0.15) is 0 Å². The number of rotatable bonds is 4. The van der Waals surface area contributed by atoms with Crippen LogP contribution < -0.4 is 10.1 Å². The number of aryl methyl sites for hydroxylation is 1. The Morgan fingerprint density at radius 1 is 1.50 bits per heavy atom. The van der Waals surface area contributed by atoms with Gasteiger partial charge in [0.25, 0.3) is 0 Å². The van der Waals surface area contributed by atoms with Crippen molar-refractivity contribution in [2.24, 2.45) is 11.8 Å². The van der Waals surface area contributed by atoms with Crippen molar-refractivity contribution in [2.45, 2.75) is 19.3 Å². The Bertz CT molecular complexity index is 472. The zero-order chi connectivity index (χ0) is 12.5. The summed E-state index contributed by atoms with van der Waals surface area (Å²) in [6, 6.07) is 6.12. The van der Waals surface area contributed by atoms with E-state index >= 15 is 0 Å². The van der Waals surface area contributed by atoms with Gasteiger partial charge in [0.2, 0.25) is 0 Å². The van der Waals surface area contributed by atoms with Gasteiger partial charge in [0, 0.05) is 12.2 Å². The van der Waals surface area contributed by atoms with E-state index in [1.165, 1.54) is 5.56 Å². The van der Waals surface area contributed by atoms with Crippen LogP contribution in [0.5, 0.6) is 5.75 Å². The maximum atomic E-state index is 10.7. The molecule has 18 heavy (non-hydrogen) atoms. The van der Waals surface area contributed by atoms with Gasteiger partial charge < -0.3 is 15.2 Å². The highest BCUT2D eigenvalue weighted by Crippen LogP contribution is 2.38. The summed E-state index contributed by atoms with van der Waals surface area (Å²) in [7, 11) is 0. The molecule has 4 nitrogen and oxygen atoms in total. The van der Waals surface area contributed by atoms with Crippen molar-refractivity contribution < 1.29 is 14.6 Å². The molecule has 1 aromatic carbocycles. The Morgan fingerprint density at radius 2 is 2.39 bits per heavy atom. The summed E-state index contributed by atoms with van der Waals surface area (Å²) in [6.07, 6.45) is 2.93. The monoisotopic (exact) mass is 247 g/mol. The molecule has 2 unspecified atom stereocenters. The van der Waals surface area contributed by atoms with Crippen LogP contribution in [0.3, 0.4) is 0 Å². The number of benzene rings is 1. The highest BCUT2D eigenvalue weighted by atomic mass is 16.5. The van der Waals surface area contributed by atoms with Gasteiger partial charge >= 0.3 is 5.97 Å². The summed E-state index contributed by atoms with van der Waals surface area (Å²) in [4.78, 5) is 10.7. The number of carbonyl (C=O) groups is 1. The van der Waals surface area contributed by atoms with E-state index in [4.69, 9.17) is 9.84 Å². The van der Waals surface area contributed by atoms with E-state index in [1.54, 1.807) is 0 Å². The molecule has 0 bridgehead atoms. The van der Waals surface area contributed by atoms with Gasteiger partial charge in [-0.15, -0.1) is 0 Å². The molecule has 0 radical (unpaired) electrons. The van der Waals surface area contributed by atoms with Crippen molar-refractivity contribution in [3.63, 3.8) is 0 Å². The van der Waals surface area contributed by atoms with Crippen molar-refractivity contribution in [1.82, 2.24) is 0 Å². The first-order valence-electron chi connectivity index (χ1n) is 6.46. The van der Waals surface area contributed by atoms with E-state index in [0.717, 1.165) is 43.9 Å². The van der Waals surface area contributed by atoms with Crippen LogP contribution in [-0.4, -0.2) is 24.2 Å². The fraction of sp³-hybridized carbons (Fsp3) is 0.500. The Hall–Kier alpha value is -1.71. The van der Waals surface area contributed by atoms with Crippen molar-refractivity contribution in [2.75, 3.05) is 18.5 Å². The molecule has 1 aliphatic carbocycles. The summed E-state index contributed by atoms with van der Waals surface area (Å²) in [5.74, 6) is 0.468. The van der Waals surface area contributed by atoms with Gasteiger partial charge in [0.05, 0.1) is 12.5 Å². The second-order valence-electron chi connectivity index (χ2n) is 5.10. The fourth-order valence-electron chi connectivity index (χ4n) is 2.49. The molecule has 2 N–H and O–H groups in total. The molecule has 2 atom stereocenters. The molecule has 96 valence electrons. The molecular weight excluding hydrogens is 230 g/mol.